The summed E-state index contributed by atoms with van der Waals surface area (Å²) in [4.78, 5) is 12.5. The monoisotopic (exact) mass is 364 g/mol. The lowest BCUT2D eigenvalue weighted by Crippen LogP contribution is -2.18. The summed E-state index contributed by atoms with van der Waals surface area (Å²) in [6, 6.07) is 15.2. The van der Waals surface area contributed by atoms with Crippen LogP contribution in [-0.4, -0.2) is 26.3 Å². The minimum absolute atomic E-state index is 0.316. The van der Waals surface area contributed by atoms with Gasteiger partial charge in [0.2, 0.25) is 0 Å². The zero-order valence-corrected chi connectivity index (χ0v) is 15.9. The van der Waals surface area contributed by atoms with E-state index in [1.165, 1.54) is 0 Å². The van der Waals surface area contributed by atoms with Crippen molar-refractivity contribution in [1.82, 2.24) is 0 Å². The van der Waals surface area contributed by atoms with E-state index < -0.39 is 0 Å². The van der Waals surface area contributed by atoms with E-state index in [1.807, 2.05) is 49.4 Å². The second-order valence-electron chi connectivity index (χ2n) is 6.41. The molecule has 0 spiro atoms. The minimum Gasteiger partial charge on any atom is -0.501 e. The number of esters is 1. The first kappa shape index (κ1) is 18.8. The Balaban J connectivity index is 1.66. The molecule has 0 aromatic heterocycles. The Kier molecular flexibility index (Phi) is 5.97. The van der Waals surface area contributed by atoms with Crippen LogP contribution in [0.3, 0.4) is 0 Å². The molecule has 1 atom stereocenters. The van der Waals surface area contributed by atoms with Crippen LogP contribution in [0, 0.1) is 0 Å². The lowest BCUT2D eigenvalue weighted by Gasteiger charge is -2.19. The van der Waals surface area contributed by atoms with E-state index >= 15 is 0 Å². The summed E-state index contributed by atoms with van der Waals surface area (Å²) >= 11 is 0. The molecule has 0 N–H and O–H groups in total. The fourth-order valence-electron chi connectivity index (χ4n) is 3.02. The highest BCUT2D eigenvalue weighted by Crippen LogP contribution is 2.24. The van der Waals surface area contributed by atoms with Crippen LogP contribution < -0.4 is 4.74 Å². The maximum Gasteiger partial charge on any atom is 0.338 e. The van der Waals surface area contributed by atoms with Gasteiger partial charge in [0.1, 0.15) is 11.9 Å². The summed E-state index contributed by atoms with van der Waals surface area (Å²) in [6.45, 7) is 1.88. The highest BCUT2D eigenvalue weighted by Gasteiger charge is 2.17. The van der Waals surface area contributed by atoms with Gasteiger partial charge in [0.25, 0.3) is 0 Å². The van der Waals surface area contributed by atoms with Crippen molar-refractivity contribution in [3.8, 4) is 16.9 Å². The molecule has 4 heteroatoms. The third kappa shape index (κ3) is 4.59. The first-order chi connectivity index (χ1) is 13.1. The highest BCUT2D eigenvalue weighted by molar-refractivity contribution is 5.90. The van der Waals surface area contributed by atoms with Crippen LogP contribution in [-0.2, 0) is 9.47 Å². The van der Waals surface area contributed by atoms with Crippen LogP contribution in [0.5, 0.6) is 5.75 Å². The number of rotatable bonds is 6. The van der Waals surface area contributed by atoms with Gasteiger partial charge >= 0.3 is 5.97 Å². The summed E-state index contributed by atoms with van der Waals surface area (Å²) in [6.07, 6.45) is 5.51. The SMILES string of the molecule is COC1=CC(C(C)OC(=O)c2ccc(-c3ccc(OC)cc3)cc2)=CCC1. The van der Waals surface area contributed by atoms with Crippen LogP contribution in [0.15, 0.2) is 72.0 Å². The number of allylic oxidation sites excluding steroid dienone is 2. The van der Waals surface area contributed by atoms with Gasteiger partial charge in [-0.3, -0.25) is 0 Å². The van der Waals surface area contributed by atoms with Crippen molar-refractivity contribution in [2.75, 3.05) is 14.2 Å². The molecular weight excluding hydrogens is 340 g/mol. The summed E-state index contributed by atoms with van der Waals surface area (Å²) in [5.74, 6) is 1.40. The average Bonchev–Trinajstić information content (AvgIpc) is 2.74. The summed E-state index contributed by atoms with van der Waals surface area (Å²) < 4.78 is 16.1. The Bertz CT molecular complexity index is 845. The zero-order chi connectivity index (χ0) is 19.2. The Morgan fingerprint density at radius 2 is 1.56 bits per heavy atom. The molecular formula is C23H24O4. The van der Waals surface area contributed by atoms with Gasteiger partial charge in [0.15, 0.2) is 0 Å². The van der Waals surface area contributed by atoms with Crippen molar-refractivity contribution in [3.05, 3.63) is 77.6 Å². The van der Waals surface area contributed by atoms with Gasteiger partial charge in [-0.25, -0.2) is 4.79 Å². The number of ether oxygens (including phenoxy) is 3. The van der Waals surface area contributed by atoms with E-state index in [-0.39, 0.29) is 12.1 Å². The Morgan fingerprint density at radius 1 is 0.926 bits per heavy atom. The molecule has 27 heavy (non-hydrogen) atoms. The first-order valence-corrected chi connectivity index (χ1v) is 9.01. The number of hydrogen-bond acceptors (Lipinski definition) is 4. The molecule has 0 amide bonds. The number of hydrogen-bond donors (Lipinski definition) is 0. The molecule has 0 saturated heterocycles. The first-order valence-electron chi connectivity index (χ1n) is 9.01. The fraction of sp³-hybridized carbons (Fsp3) is 0.261. The molecule has 1 aliphatic carbocycles. The topological polar surface area (TPSA) is 44.8 Å². The van der Waals surface area contributed by atoms with E-state index in [9.17, 15) is 4.79 Å². The molecule has 3 rings (SSSR count). The van der Waals surface area contributed by atoms with Gasteiger partial charge < -0.3 is 14.2 Å². The van der Waals surface area contributed by atoms with Gasteiger partial charge in [-0.15, -0.1) is 0 Å². The second kappa shape index (κ2) is 8.58. The molecule has 0 radical (unpaired) electrons. The van der Waals surface area contributed by atoms with Gasteiger partial charge in [-0.2, -0.15) is 0 Å². The van der Waals surface area contributed by atoms with Gasteiger partial charge in [0, 0.05) is 6.42 Å². The van der Waals surface area contributed by atoms with Gasteiger partial charge in [-0.1, -0.05) is 30.3 Å². The smallest absolute Gasteiger partial charge is 0.338 e. The van der Waals surface area contributed by atoms with E-state index in [4.69, 9.17) is 14.2 Å². The van der Waals surface area contributed by atoms with Gasteiger partial charge in [0.05, 0.1) is 25.5 Å². The molecule has 0 saturated carbocycles. The minimum atomic E-state index is -0.331. The van der Waals surface area contributed by atoms with Crippen LogP contribution in [0.25, 0.3) is 11.1 Å². The van der Waals surface area contributed by atoms with E-state index in [1.54, 1.807) is 26.4 Å². The largest absolute Gasteiger partial charge is 0.501 e. The second-order valence-corrected chi connectivity index (χ2v) is 6.41. The number of methoxy groups -OCH3 is 2. The van der Waals surface area contributed by atoms with E-state index in [2.05, 4.69) is 6.08 Å². The number of carbonyl (C=O) groups excluding carboxylic acids is 1. The summed E-state index contributed by atoms with van der Waals surface area (Å²) in [5, 5.41) is 0. The van der Waals surface area contributed by atoms with Crippen LogP contribution in [0.2, 0.25) is 0 Å². The van der Waals surface area contributed by atoms with E-state index in [0.717, 1.165) is 41.1 Å². The van der Waals surface area contributed by atoms with E-state index in [0.29, 0.717) is 5.56 Å². The average molecular weight is 364 g/mol. The Labute approximate surface area is 160 Å². The molecule has 0 heterocycles. The normalized spacial score (nSPS) is 14.6. The molecule has 2 aromatic rings. The van der Waals surface area contributed by atoms with Crippen molar-refractivity contribution in [2.45, 2.75) is 25.9 Å². The summed E-state index contributed by atoms with van der Waals surface area (Å²) in [5.41, 5.74) is 3.60. The predicted octanol–water partition coefficient (Wildman–Crippen LogP) is 5.16. The summed E-state index contributed by atoms with van der Waals surface area (Å²) in [7, 11) is 3.31. The molecule has 0 bridgehead atoms. The van der Waals surface area contributed by atoms with Crippen LogP contribution in [0.4, 0.5) is 0 Å². The molecule has 0 fully saturated rings. The lowest BCUT2D eigenvalue weighted by molar-refractivity contribution is 0.0409. The third-order valence-electron chi connectivity index (χ3n) is 4.66. The van der Waals surface area contributed by atoms with Gasteiger partial charge in [-0.05, 0) is 60.4 Å². The molecule has 4 nitrogen and oxygen atoms in total. The van der Waals surface area contributed by atoms with Crippen LogP contribution in [0.1, 0.15) is 30.1 Å². The van der Waals surface area contributed by atoms with Crippen molar-refractivity contribution in [1.29, 1.82) is 0 Å². The Morgan fingerprint density at radius 3 is 2.15 bits per heavy atom. The van der Waals surface area contributed by atoms with Crippen molar-refractivity contribution in [2.24, 2.45) is 0 Å². The molecule has 1 aliphatic rings. The lowest BCUT2D eigenvalue weighted by atomic mass is 10.0. The maximum atomic E-state index is 12.5. The maximum absolute atomic E-state index is 12.5. The Hall–Kier alpha value is -3.01. The van der Waals surface area contributed by atoms with Crippen molar-refractivity contribution in [3.63, 3.8) is 0 Å². The van der Waals surface area contributed by atoms with Crippen LogP contribution >= 0.6 is 0 Å². The van der Waals surface area contributed by atoms with Crippen molar-refractivity contribution >= 4 is 5.97 Å². The molecule has 140 valence electrons. The zero-order valence-electron chi connectivity index (χ0n) is 15.9. The highest BCUT2D eigenvalue weighted by atomic mass is 16.5. The molecule has 1 unspecified atom stereocenters. The number of carbonyl (C=O) groups is 1. The molecule has 2 aromatic carbocycles. The van der Waals surface area contributed by atoms with Crippen molar-refractivity contribution < 1.29 is 19.0 Å². The fourth-order valence-corrected chi connectivity index (χ4v) is 3.02. The molecule has 0 aliphatic heterocycles. The standard InChI is InChI=1S/C23H24O4/c1-16(20-5-4-6-22(15-20)26-3)27-23(24)19-9-7-17(8-10-19)18-11-13-21(25-2)14-12-18/h5,7-16H,4,6H2,1-3H3. The number of benzene rings is 2. The quantitative estimate of drug-likeness (QED) is 0.664. The predicted molar refractivity (Wildman–Crippen MR) is 106 cm³/mol. The third-order valence-corrected chi connectivity index (χ3v) is 4.66.